The molecule has 0 aliphatic carbocycles. The minimum Gasteiger partial charge on any atom is -0.293 e. The normalized spacial score (nSPS) is 16.0. The van der Waals surface area contributed by atoms with Crippen LogP contribution < -0.4 is 0 Å². The number of tetrazole rings is 1. The van der Waals surface area contributed by atoms with Crippen molar-refractivity contribution in [2.75, 3.05) is 26.2 Å². The Kier molecular flexibility index (Phi) is 6.11. The molecular formula is C21H25ClN6O2S. The molecule has 1 aromatic heterocycles. The van der Waals surface area contributed by atoms with Gasteiger partial charge in [0.2, 0.25) is 10.0 Å². The third kappa shape index (κ3) is 4.50. The van der Waals surface area contributed by atoms with Crippen LogP contribution in [-0.2, 0) is 16.6 Å². The molecule has 3 aromatic rings. The Morgan fingerprint density at radius 1 is 0.968 bits per heavy atom. The number of hydrogen-bond donors (Lipinski definition) is 0. The van der Waals surface area contributed by atoms with Gasteiger partial charge in [-0.1, -0.05) is 29.3 Å². The quantitative estimate of drug-likeness (QED) is 0.582. The van der Waals surface area contributed by atoms with E-state index in [0.29, 0.717) is 48.5 Å². The fourth-order valence-corrected chi connectivity index (χ4v) is 6.08. The molecule has 0 atom stereocenters. The minimum atomic E-state index is -3.53. The Morgan fingerprint density at radius 3 is 2.19 bits per heavy atom. The zero-order valence-electron chi connectivity index (χ0n) is 17.8. The maximum absolute atomic E-state index is 13.3. The topological polar surface area (TPSA) is 84.2 Å². The van der Waals surface area contributed by atoms with Gasteiger partial charge in [0, 0.05) is 31.2 Å². The number of aromatic nitrogens is 4. The first-order valence-corrected chi connectivity index (χ1v) is 11.9. The molecule has 0 amide bonds. The van der Waals surface area contributed by atoms with E-state index in [4.69, 9.17) is 11.6 Å². The Morgan fingerprint density at radius 2 is 1.58 bits per heavy atom. The summed E-state index contributed by atoms with van der Waals surface area (Å²) in [6.45, 7) is 8.31. The van der Waals surface area contributed by atoms with Gasteiger partial charge in [-0.3, -0.25) is 4.90 Å². The van der Waals surface area contributed by atoms with Crippen LogP contribution in [0.2, 0.25) is 5.02 Å². The number of piperazine rings is 1. The molecule has 0 radical (unpaired) electrons. The number of nitrogens with zero attached hydrogens (tertiary/aromatic N) is 6. The molecule has 0 saturated carbocycles. The number of hydrogen-bond acceptors (Lipinski definition) is 6. The number of sulfonamides is 1. The largest absolute Gasteiger partial charge is 0.293 e. The zero-order valence-corrected chi connectivity index (χ0v) is 19.4. The summed E-state index contributed by atoms with van der Waals surface area (Å²) in [5.74, 6) is 0.698. The fraction of sp³-hybridized carbons (Fsp3) is 0.381. The summed E-state index contributed by atoms with van der Waals surface area (Å²) < 4.78 is 29.8. The van der Waals surface area contributed by atoms with Crippen molar-refractivity contribution in [3.05, 3.63) is 63.9 Å². The van der Waals surface area contributed by atoms with Gasteiger partial charge in [-0.25, -0.2) is 8.42 Å². The summed E-state index contributed by atoms with van der Waals surface area (Å²) >= 11 is 5.97. The second-order valence-electron chi connectivity index (χ2n) is 7.89. The molecule has 0 spiro atoms. The number of aryl methyl sites for hydroxylation is 3. The molecule has 4 rings (SSSR count). The van der Waals surface area contributed by atoms with Crippen molar-refractivity contribution < 1.29 is 8.42 Å². The molecule has 1 fully saturated rings. The lowest BCUT2D eigenvalue weighted by atomic mass is 10.1. The zero-order chi connectivity index (χ0) is 22.2. The maximum atomic E-state index is 13.3. The van der Waals surface area contributed by atoms with Crippen molar-refractivity contribution in [2.45, 2.75) is 32.2 Å². The van der Waals surface area contributed by atoms with Crippen molar-refractivity contribution in [3.8, 4) is 5.69 Å². The van der Waals surface area contributed by atoms with Crippen LogP contribution in [0.4, 0.5) is 0 Å². The van der Waals surface area contributed by atoms with E-state index in [0.717, 1.165) is 22.4 Å². The van der Waals surface area contributed by atoms with Crippen molar-refractivity contribution in [1.82, 2.24) is 29.4 Å². The second kappa shape index (κ2) is 8.66. The molecule has 2 aromatic carbocycles. The first-order valence-electron chi connectivity index (χ1n) is 10.1. The molecular weight excluding hydrogens is 436 g/mol. The molecule has 0 bridgehead atoms. The van der Waals surface area contributed by atoms with Crippen LogP contribution in [0.15, 0.2) is 41.3 Å². The fourth-order valence-electron chi connectivity index (χ4n) is 4.12. The third-order valence-corrected chi connectivity index (χ3v) is 7.96. The van der Waals surface area contributed by atoms with Gasteiger partial charge in [0.25, 0.3) is 0 Å². The predicted octanol–water partition coefficient (Wildman–Crippen LogP) is 2.75. The van der Waals surface area contributed by atoms with Crippen LogP contribution in [0.5, 0.6) is 0 Å². The maximum Gasteiger partial charge on any atom is 0.243 e. The Balaban J connectivity index is 1.46. The lowest BCUT2D eigenvalue weighted by Gasteiger charge is -2.34. The SMILES string of the molecule is Cc1cc(C)c(S(=O)(=O)N2CCN(Cc3nnnn3-c3ccc(Cl)cc3)CC2)c(C)c1. The van der Waals surface area contributed by atoms with Crippen LogP contribution >= 0.6 is 11.6 Å². The number of benzene rings is 2. The molecule has 1 saturated heterocycles. The highest BCUT2D eigenvalue weighted by atomic mass is 35.5. The van der Waals surface area contributed by atoms with E-state index in [9.17, 15) is 8.42 Å². The average molecular weight is 461 g/mol. The number of halogens is 1. The van der Waals surface area contributed by atoms with Crippen LogP contribution in [0.25, 0.3) is 5.69 Å². The van der Waals surface area contributed by atoms with E-state index in [1.54, 1.807) is 21.1 Å². The predicted molar refractivity (Wildman–Crippen MR) is 119 cm³/mol. The lowest BCUT2D eigenvalue weighted by Crippen LogP contribution is -2.48. The molecule has 0 unspecified atom stereocenters. The van der Waals surface area contributed by atoms with E-state index >= 15 is 0 Å². The minimum absolute atomic E-state index is 0.428. The average Bonchev–Trinajstić information content (AvgIpc) is 3.16. The monoisotopic (exact) mass is 460 g/mol. The van der Waals surface area contributed by atoms with E-state index in [1.165, 1.54) is 0 Å². The molecule has 31 heavy (non-hydrogen) atoms. The molecule has 0 N–H and O–H groups in total. The van der Waals surface area contributed by atoms with E-state index < -0.39 is 10.0 Å². The summed E-state index contributed by atoms with van der Waals surface area (Å²) in [7, 11) is -3.53. The van der Waals surface area contributed by atoms with E-state index in [1.807, 2.05) is 45.0 Å². The first kappa shape index (κ1) is 21.9. The molecule has 1 aliphatic heterocycles. The van der Waals surface area contributed by atoms with Gasteiger partial charge in [-0.05, 0) is 66.6 Å². The molecule has 2 heterocycles. The van der Waals surface area contributed by atoms with Gasteiger partial charge in [0.05, 0.1) is 17.1 Å². The summed E-state index contributed by atoms with van der Waals surface area (Å²) in [6, 6.07) is 11.2. The Bertz CT molecular complexity index is 1160. The summed E-state index contributed by atoms with van der Waals surface area (Å²) in [5, 5.41) is 12.7. The van der Waals surface area contributed by atoms with Crippen LogP contribution in [0.3, 0.4) is 0 Å². The van der Waals surface area contributed by atoms with Crippen molar-refractivity contribution in [3.63, 3.8) is 0 Å². The van der Waals surface area contributed by atoms with Crippen molar-refractivity contribution in [2.24, 2.45) is 0 Å². The smallest absolute Gasteiger partial charge is 0.243 e. The Labute approximate surface area is 187 Å². The van der Waals surface area contributed by atoms with Crippen molar-refractivity contribution in [1.29, 1.82) is 0 Å². The van der Waals surface area contributed by atoms with Gasteiger partial charge < -0.3 is 0 Å². The summed E-state index contributed by atoms with van der Waals surface area (Å²) in [6.07, 6.45) is 0. The van der Waals surface area contributed by atoms with Gasteiger partial charge in [0.15, 0.2) is 5.82 Å². The van der Waals surface area contributed by atoms with Crippen LogP contribution in [0, 0.1) is 20.8 Å². The van der Waals surface area contributed by atoms with Gasteiger partial charge in [0.1, 0.15) is 0 Å². The highest BCUT2D eigenvalue weighted by Gasteiger charge is 2.31. The highest BCUT2D eigenvalue weighted by Crippen LogP contribution is 2.26. The Hall–Kier alpha value is -2.33. The van der Waals surface area contributed by atoms with Crippen LogP contribution in [0.1, 0.15) is 22.5 Å². The third-order valence-electron chi connectivity index (χ3n) is 5.50. The summed E-state index contributed by atoms with van der Waals surface area (Å²) in [5.41, 5.74) is 3.48. The van der Waals surface area contributed by atoms with Crippen molar-refractivity contribution >= 4 is 21.6 Å². The molecule has 1 aliphatic rings. The molecule has 8 nitrogen and oxygen atoms in total. The first-order chi connectivity index (χ1) is 14.8. The van der Waals surface area contributed by atoms with Crippen LogP contribution in [-0.4, -0.2) is 64.0 Å². The standard InChI is InChI=1S/C21H25ClN6O2S/c1-15-12-16(2)21(17(3)13-15)31(29,30)27-10-8-26(9-11-27)14-20-23-24-25-28(20)19-6-4-18(22)5-7-19/h4-7,12-13H,8-11,14H2,1-3H3. The number of rotatable bonds is 5. The van der Waals surface area contributed by atoms with Gasteiger partial charge >= 0.3 is 0 Å². The summed E-state index contributed by atoms with van der Waals surface area (Å²) in [4.78, 5) is 2.59. The highest BCUT2D eigenvalue weighted by molar-refractivity contribution is 7.89. The molecule has 10 heteroatoms. The van der Waals surface area contributed by atoms with Gasteiger partial charge in [-0.2, -0.15) is 8.99 Å². The molecule has 164 valence electrons. The van der Waals surface area contributed by atoms with Gasteiger partial charge in [-0.15, -0.1) is 5.10 Å². The lowest BCUT2D eigenvalue weighted by molar-refractivity contribution is 0.177. The van der Waals surface area contributed by atoms with E-state index in [-0.39, 0.29) is 0 Å². The van der Waals surface area contributed by atoms with E-state index in [2.05, 4.69) is 20.4 Å². The second-order valence-corrected chi connectivity index (χ2v) is 10.2.